The first-order valence-electron chi connectivity index (χ1n) is 6.54. The van der Waals surface area contributed by atoms with Gasteiger partial charge >= 0.3 is 5.97 Å². The predicted molar refractivity (Wildman–Crippen MR) is 81.5 cm³/mol. The number of para-hydroxylation sites is 1. The van der Waals surface area contributed by atoms with Gasteiger partial charge in [0.1, 0.15) is 0 Å². The van der Waals surface area contributed by atoms with E-state index in [9.17, 15) is 4.79 Å². The average molecular weight is 270 g/mol. The van der Waals surface area contributed by atoms with Gasteiger partial charge in [-0.05, 0) is 43.3 Å². The third-order valence-corrected chi connectivity index (χ3v) is 2.84. The summed E-state index contributed by atoms with van der Waals surface area (Å²) in [6.45, 7) is 1.85. The first-order valence-corrected chi connectivity index (χ1v) is 6.54. The summed E-state index contributed by atoms with van der Waals surface area (Å²) in [5.41, 5.74) is 2.94. The number of benzene rings is 2. The Morgan fingerprint density at radius 1 is 1.00 bits per heavy atom. The fourth-order valence-electron chi connectivity index (χ4n) is 1.94. The van der Waals surface area contributed by atoms with Gasteiger partial charge in [0, 0.05) is 23.1 Å². The zero-order valence-corrected chi connectivity index (χ0v) is 11.3. The molecule has 1 atom stereocenters. The molecule has 0 saturated carbocycles. The fourth-order valence-corrected chi connectivity index (χ4v) is 1.94. The summed E-state index contributed by atoms with van der Waals surface area (Å²) in [4.78, 5) is 10.6. The molecule has 0 aromatic heterocycles. The third kappa shape index (κ3) is 4.31. The molecule has 104 valence electrons. The minimum atomic E-state index is -0.799. The van der Waals surface area contributed by atoms with Crippen LogP contribution in [0.1, 0.15) is 13.3 Å². The monoisotopic (exact) mass is 270 g/mol. The van der Waals surface area contributed by atoms with E-state index in [2.05, 4.69) is 10.6 Å². The lowest BCUT2D eigenvalue weighted by atomic mass is 10.2. The number of rotatable bonds is 6. The Bertz CT molecular complexity index is 552. The standard InChI is InChI=1S/C16H18N2O2/c1-12(11-16(19)20)17-14-7-9-15(10-8-14)18-13-5-3-2-4-6-13/h2-10,12,17-18H,11H2,1H3,(H,19,20). The van der Waals surface area contributed by atoms with Crippen molar-refractivity contribution in [2.75, 3.05) is 10.6 Å². The number of carboxylic acids is 1. The zero-order valence-electron chi connectivity index (χ0n) is 11.3. The van der Waals surface area contributed by atoms with E-state index in [0.717, 1.165) is 17.1 Å². The second-order valence-electron chi connectivity index (χ2n) is 4.71. The molecule has 0 radical (unpaired) electrons. The van der Waals surface area contributed by atoms with E-state index in [0.29, 0.717) is 0 Å². The van der Waals surface area contributed by atoms with Crippen LogP contribution in [0.4, 0.5) is 17.1 Å². The van der Waals surface area contributed by atoms with Crippen LogP contribution in [-0.4, -0.2) is 17.1 Å². The van der Waals surface area contributed by atoms with Crippen LogP contribution >= 0.6 is 0 Å². The smallest absolute Gasteiger partial charge is 0.305 e. The molecule has 0 aliphatic heterocycles. The summed E-state index contributed by atoms with van der Waals surface area (Å²) < 4.78 is 0. The highest BCUT2D eigenvalue weighted by Gasteiger charge is 2.06. The van der Waals surface area contributed by atoms with Crippen LogP contribution in [0.5, 0.6) is 0 Å². The molecule has 0 bridgehead atoms. The number of nitrogens with one attached hydrogen (secondary N) is 2. The van der Waals surface area contributed by atoms with Crippen LogP contribution < -0.4 is 10.6 Å². The molecule has 2 aromatic rings. The van der Waals surface area contributed by atoms with Crippen molar-refractivity contribution in [2.45, 2.75) is 19.4 Å². The molecule has 4 nitrogen and oxygen atoms in total. The van der Waals surface area contributed by atoms with Gasteiger partial charge in [-0.25, -0.2) is 0 Å². The first-order chi connectivity index (χ1) is 9.63. The number of carbonyl (C=O) groups is 1. The molecular formula is C16H18N2O2. The summed E-state index contributed by atoms with van der Waals surface area (Å²) in [6.07, 6.45) is 0.101. The van der Waals surface area contributed by atoms with E-state index in [-0.39, 0.29) is 12.5 Å². The van der Waals surface area contributed by atoms with E-state index in [1.807, 2.05) is 61.5 Å². The molecule has 0 spiro atoms. The molecule has 0 heterocycles. The molecule has 2 aromatic carbocycles. The molecule has 0 fully saturated rings. The Labute approximate surface area is 118 Å². The topological polar surface area (TPSA) is 61.4 Å². The molecular weight excluding hydrogens is 252 g/mol. The highest BCUT2D eigenvalue weighted by molar-refractivity contribution is 5.68. The second-order valence-corrected chi connectivity index (χ2v) is 4.71. The Morgan fingerprint density at radius 3 is 2.15 bits per heavy atom. The molecule has 1 unspecified atom stereocenters. The van der Waals surface area contributed by atoms with Crippen molar-refractivity contribution in [1.82, 2.24) is 0 Å². The molecule has 20 heavy (non-hydrogen) atoms. The summed E-state index contributed by atoms with van der Waals surface area (Å²) in [5.74, 6) is -0.799. The number of hydrogen-bond donors (Lipinski definition) is 3. The number of carboxylic acid groups (broad SMARTS) is 1. The van der Waals surface area contributed by atoms with Crippen molar-refractivity contribution in [1.29, 1.82) is 0 Å². The highest BCUT2D eigenvalue weighted by atomic mass is 16.4. The van der Waals surface area contributed by atoms with Gasteiger partial charge in [-0.1, -0.05) is 18.2 Å². The lowest BCUT2D eigenvalue weighted by Crippen LogP contribution is -2.19. The van der Waals surface area contributed by atoms with Gasteiger partial charge < -0.3 is 15.7 Å². The van der Waals surface area contributed by atoms with Crippen molar-refractivity contribution in [3.63, 3.8) is 0 Å². The Morgan fingerprint density at radius 2 is 1.55 bits per heavy atom. The second kappa shape index (κ2) is 6.61. The molecule has 3 N–H and O–H groups in total. The van der Waals surface area contributed by atoms with E-state index >= 15 is 0 Å². The maximum Gasteiger partial charge on any atom is 0.305 e. The first kappa shape index (κ1) is 13.9. The quantitative estimate of drug-likeness (QED) is 0.749. The van der Waals surface area contributed by atoms with Gasteiger partial charge in [0.15, 0.2) is 0 Å². The lowest BCUT2D eigenvalue weighted by molar-refractivity contribution is -0.137. The largest absolute Gasteiger partial charge is 0.481 e. The van der Waals surface area contributed by atoms with Crippen molar-refractivity contribution in [2.24, 2.45) is 0 Å². The SMILES string of the molecule is CC(CC(=O)O)Nc1ccc(Nc2ccccc2)cc1. The summed E-state index contributed by atoms with van der Waals surface area (Å²) >= 11 is 0. The van der Waals surface area contributed by atoms with Gasteiger partial charge in [0.2, 0.25) is 0 Å². The van der Waals surface area contributed by atoms with E-state index in [1.54, 1.807) is 0 Å². The number of anilines is 3. The van der Waals surface area contributed by atoms with E-state index in [4.69, 9.17) is 5.11 Å². The Hall–Kier alpha value is -2.49. The van der Waals surface area contributed by atoms with Gasteiger partial charge in [0.05, 0.1) is 6.42 Å². The minimum absolute atomic E-state index is 0.0968. The van der Waals surface area contributed by atoms with Crippen LogP contribution in [0, 0.1) is 0 Å². The van der Waals surface area contributed by atoms with Gasteiger partial charge in [-0.2, -0.15) is 0 Å². The number of aliphatic carboxylic acids is 1. The summed E-state index contributed by atoms with van der Waals surface area (Å²) in [7, 11) is 0. The van der Waals surface area contributed by atoms with Crippen molar-refractivity contribution in [3.05, 3.63) is 54.6 Å². The molecule has 4 heteroatoms. The highest BCUT2D eigenvalue weighted by Crippen LogP contribution is 2.19. The average Bonchev–Trinajstić information content (AvgIpc) is 2.41. The van der Waals surface area contributed by atoms with E-state index < -0.39 is 5.97 Å². The predicted octanol–water partition coefficient (Wildman–Crippen LogP) is 3.71. The van der Waals surface area contributed by atoms with Crippen molar-refractivity contribution < 1.29 is 9.90 Å². The molecule has 0 aliphatic carbocycles. The van der Waals surface area contributed by atoms with Gasteiger partial charge in [0.25, 0.3) is 0 Å². The maximum atomic E-state index is 10.6. The summed E-state index contributed by atoms with van der Waals surface area (Å²) in [5, 5.41) is 15.2. The van der Waals surface area contributed by atoms with Crippen molar-refractivity contribution >= 4 is 23.0 Å². The van der Waals surface area contributed by atoms with Crippen LogP contribution in [0.15, 0.2) is 54.6 Å². The third-order valence-electron chi connectivity index (χ3n) is 2.84. The lowest BCUT2D eigenvalue weighted by Gasteiger charge is -2.14. The van der Waals surface area contributed by atoms with Crippen molar-refractivity contribution in [3.8, 4) is 0 Å². The van der Waals surface area contributed by atoms with Gasteiger partial charge in [-0.15, -0.1) is 0 Å². The zero-order chi connectivity index (χ0) is 14.4. The maximum absolute atomic E-state index is 10.6. The molecule has 0 saturated heterocycles. The fraction of sp³-hybridized carbons (Fsp3) is 0.188. The van der Waals surface area contributed by atoms with Crippen LogP contribution in [-0.2, 0) is 4.79 Å². The number of hydrogen-bond acceptors (Lipinski definition) is 3. The van der Waals surface area contributed by atoms with E-state index in [1.165, 1.54) is 0 Å². The normalized spacial score (nSPS) is 11.7. The Balaban J connectivity index is 1.94. The van der Waals surface area contributed by atoms with Crippen LogP contribution in [0.3, 0.4) is 0 Å². The Kier molecular flexibility index (Phi) is 4.60. The molecule has 0 aliphatic rings. The van der Waals surface area contributed by atoms with Crippen LogP contribution in [0.2, 0.25) is 0 Å². The van der Waals surface area contributed by atoms with Crippen LogP contribution in [0.25, 0.3) is 0 Å². The molecule has 0 amide bonds. The molecule has 2 rings (SSSR count). The minimum Gasteiger partial charge on any atom is -0.481 e. The summed E-state index contributed by atoms with van der Waals surface area (Å²) in [6, 6.07) is 17.6. The van der Waals surface area contributed by atoms with Gasteiger partial charge in [-0.3, -0.25) is 4.79 Å².